The van der Waals surface area contributed by atoms with E-state index >= 15 is 0 Å². The van der Waals surface area contributed by atoms with Gasteiger partial charge in [-0.2, -0.15) is 0 Å². The molecule has 0 spiro atoms. The van der Waals surface area contributed by atoms with Crippen LogP contribution in [-0.4, -0.2) is 44.3 Å². The molecule has 4 aromatic carbocycles. The lowest BCUT2D eigenvalue weighted by Crippen LogP contribution is -2.53. The van der Waals surface area contributed by atoms with Gasteiger partial charge < -0.3 is 10.2 Å². The molecule has 1 N–H and O–H groups in total. The van der Waals surface area contributed by atoms with E-state index in [0.29, 0.717) is 11.6 Å². The number of carbonyl (C=O) groups excluding carboxylic acids is 2. The summed E-state index contributed by atoms with van der Waals surface area (Å²) in [6.45, 7) is 4.03. The maximum Gasteiger partial charge on any atom is 0.264 e. The Morgan fingerprint density at radius 1 is 0.767 bits per heavy atom. The first kappa shape index (κ1) is 31.8. The Bertz CT molecular complexity index is 1580. The molecule has 0 aliphatic rings. The number of halogens is 1. The van der Waals surface area contributed by atoms with E-state index in [1.54, 1.807) is 42.5 Å². The fourth-order valence-corrected chi connectivity index (χ4v) is 6.17. The van der Waals surface area contributed by atoms with Crippen LogP contribution in [0.2, 0.25) is 5.02 Å². The first-order valence-corrected chi connectivity index (χ1v) is 16.0. The van der Waals surface area contributed by atoms with Crippen molar-refractivity contribution in [1.82, 2.24) is 10.2 Å². The zero-order valence-electron chi connectivity index (χ0n) is 24.3. The molecule has 0 unspecified atom stereocenters. The first-order valence-electron chi connectivity index (χ1n) is 14.1. The number of hydrogen-bond acceptors (Lipinski definition) is 4. The van der Waals surface area contributed by atoms with Gasteiger partial charge in [-0.15, -0.1) is 0 Å². The number of nitrogens with zero attached hydrogens (tertiary/aromatic N) is 2. The van der Waals surface area contributed by atoms with E-state index in [9.17, 15) is 18.0 Å². The van der Waals surface area contributed by atoms with Crippen LogP contribution in [0.1, 0.15) is 25.0 Å². The Balaban J connectivity index is 1.77. The number of nitrogens with one attached hydrogen (secondary N) is 1. The molecule has 2 amide bonds. The van der Waals surface area contributed by atoms with Crippen molar-refractivity contribution in [3.8, 4) is 0 Å². The highest BCUT2D eigenvalue weighted by Gasteiger charge is 2.34. The number of amides is 2. The Labute approximate surface area is 259 Å². The van der Waals surface area contributed by atoms with Crippen molar-refractivity contribution in [1.29, 1.82) is 0 Å². The van der Waals surface area contributed by atoms with E-state index in [1.807, 2.05) is 74.5 Å². The average Bonchev–Trinajstić information content (AvgIpc) is 3.02. The van der Waals surface area contributed by atoms with Gasteiger partial charge in [0.25, 0.3) is 10.0 Å². The number of anilines is 1. The molecule has 0 aromatic heterocycles. The Morgan fingerprint density at radius 2 is 1.30 bits per heavy atom. The summed E-state index contributed by atoms with van der Waals surface area (Å²) in [4.78, 5) is 29.6. The van der Waals surface area contributed by atoms with Crippen LogP contribution < -0.4 is 9.62 Å². The lowest BCUT2D eigenvalue weighted by atomic mass is 10.0. The van der Waals surface area contributed by atoms with E-state index in [1.165, 1.54) is 17.0 Å². The number of sulfonamides is 1. The molecule has 0 aliphatic heterocycles. The number of hydrogen-bond donors (Lipinski definition) is 1. The van der Waals surface area contributed by atoms with E-state index in [0.717, 1.165) is 15.4 Å². The summed E-state index contributed by atoms with van der Waals surface area (Å²) >= 11 is 6.11. The van der Waals surface area contributed by atoms with Gasteiger partial charge in [0.1, 0.15) is 12.6 Å². The summed E-state index contributed by atoms with van der Waals surface area (Å²) in [5, 5.41) is 3.42. The van der Waals surface area contributed by atoms with Crippen LogP contribution >= 0.6 is 11.6 Å². The highest BCUT2D eigenvalue weighted by atomic mass is 35.5. The van der Waals surface area contributed by atoms with Crippen LogP contribution in [0.25, 0.3) is 0 Å². The third kappa shape index (κ3) is 8.69. The molecule has 43 heavy (non-hydrogen) atoms. The number of benzene rings is 4. The van der Waals surface area contributed by atoms with Crippen LogP contribution in [-0.2, 0) is 32.6 Å². The summed E-state index contributed by atoms with van der Waals surface area (Å²) in [6, 6.07) is 32.2. The monoisotopic (exact) mass is 617 g/mol. The van der Waals surface area contributed by atoms with Crippen LogP contribution in [0.4, 0.5) is 5.69 Å². The SMILES string of the molecule is CC(C)CNC(=O)[C@@H](Cc1ccccc1)N(Cc1ccccc1)C(=O)CN(c1ccc(Cl)cc1)S(=O)(=O)c1ccccc1. The van der Waals surface area contributed by atoms with Gasteiger partial charge in [-0.05, 0) is 53.4 Å². The minimum Gasteiger partial charge on any atom is -0.354 e. The fraction of sp³-hybridized carbons (Fsp3) is 0.235. The molecule has 0 fully saturated rings. The lowest BCUT2D eigenvalue weighted by Gasteiger charge is -2.34. The normalized spacial score (nSPS) is 12.0. The molecule has 0 saturated heterocycles. The maximum absolute atomic E-state index is 14.4. The minimum absolute atomic E-state index is 0.0443. The van der Waals surface area contributed by atoms with Gasteiger partial charge in [0.15, 0.2) is 0 Å². The molecule has 7 nitrogen and oxygen atoms in total. The van der Waals surface area contributed by atoms with E-state index in [-0.39, 0.29) is 35.4 Å². The fourth-order valence-electron chi connectivity index (χ4n) is 4.61. The van der Waals surface area contributed by atoms with Crippen LogP contribution in [0.3, 0.4) is 0 Å². The van der Waals surface area contributed by atoms with Gasteiger partial charge in [-0.3, -0.25) is 13.9 Å². The predicted molar refractivity (Wildman–Crippen MR) is 171 cm³/mol. The zero-order valence-corrected chi connectivity index (χ0v) is 25.8. The van der Waals surface area contributed by atoms with Crippen molar-refractivity contribution in [3.63, 3.8) is 0 Å². The summed E-state index contributed by atoms with van der Waals surface area (Å²) in [6.07, 6.45) is 0.260. The highest BCUT2D eigenvalue weighted by Crippen LogP contribution is 2.26. The minimum atomic E-state index is -4.15. The number of rotatable bonds is 13. The Morgan fingerprint density at radius 3 is 1.86 bits per heavy atom. The van der Waals surface area contributed by atoms with Crippen molar-refractivity contribution in [3.05, 3.63) is 131 Å². The maximum atomic E-state index is 14.4. The first-order chi connectivity index (χ1) is 20.6. The molecular formula is C34H36ClN3O4S. The molecule has 0 radical (unpaired) electrons. The van der Waals surface area contributed by atoms with Gasteiger partial charge in [-0.25, -0.2) is 8.42 Å². The zero-order chi connectivity index (χ0) is 30.8. The third-order valence-electron chi connectivity index (χ3n) is 6.88. The van der Waals surface area contributed by atoms with Crippen molar-refractivity contribution in [2.45, 2.75) is 37.8 Å². The van der Waals surface area contributed by atoms with Crippen molar-refractivity contribution < 1.29 is 18.0 Å². The second-order valence-electron chi connectivity index (χ2n) is 10.7. The molecule has 4 aromatic rings. The van der Waals surface area contributed by atoms with Crippen LogP contribution in [0.15, 0.2) is 120 Å². The molecule has 0 saturated carbocycles. The van der Waals surface area contributed by atoms with Crippen molar-refractivity contribution in [2.75, 3.05) is 17.4 Å². The summed E-state index contributed by atoms with van der Waals surface area (Å²) in [5.74, 6) is -0.610. The average molecular weight is 618 g/mol. The molecule has 4 rings (SSSR count). The van der Waals surface area contributed by atoms with Gasteiger partial charge in [0.2, 0.25) is 11.8 Å². The van der Waals surface area contributed by atoms with E-state index in [4.69, 9.17) is 11.6 Å². The Hall–Kier alpha value is -4.14. The third-order valence-corrected chi connectivity index (χ3v) is 8.92. The molecule has 0 aliphatic carbocycles. The van der Waals surface area contributed by atoms with Crippen LogP contribution in [0, 0.1) is 5.92 Å². The molecule has 0 heterocycles. The quantitative estimate of drug-likeness (QED) is 0.201. The molecule has 9 heteroatoms. The summed E-state index contributed by atoms with van der Waals surface area (Å²) in [7, 11) is -4.15. The van der Waals surface area contributed by atoms with Gasteiger partial charge in [0, 0.05) is 24.5 Å². The summed E-state index contributed by atoms with van der Waals surface area (Å²) < 4.78 is 29.0. The largest absolute Gasteiger partial charge is 0.354 e. The smallest absolute Gasteiger partial charge is 0.264 e. The van der Waals surface area contributed by atoms with E-state index < -0.39 is 28.5 Å². The number of carbonyl (C=O) groups is 2. The lowest BCUT2D eigenvalue weighted by molar-refractivity contribution is -0.140. The highest BCUT2D eigenvalue weighted by molar-refractivity contribution is 7.92. The van der Waals surface area contributed by atoms with Crippen molar-refractivity contribution >= 4 is 39.1 Å². The summed E-state index contributed by atoms with van der Waals surface area (Å²) in [5.41, 5.74) is 1.98. The second-order valence-corrected chi connectivity index (χ2v) is 13.0. The van der Waals surface area contributed by atoms with Gasteiger partial charge in [0.05, 0.1) is 10.6 Å². The predicted octanol–water partition coefficient (Wildman–Crippen LogP) is 5.95. The van der Waals surface area contributed by atoms with Gasteiger partial charge in [-0.1, -0.05) is 104 Å². The standard InChI is InChI=1S/C34H36ClN3O4S/c1-26(2)23-36-34(40)32(22-27-12-6-3-7-13-27)37(24-28-14-8-4-9-15-28)33(39)25-38(30-20-18-29(35)19-21-30)43(41,42)31-16-10-5-11-17-31/h3-21,26,32H,22-25H2,1-2H3,(H,36,40)/t32-/m1/s1. The molecule has 224 valence electrons. The molecule has 1 atom stereocenters. The van der Waals surface area contributed by atoms with Crippen molar-refractivity contribution in [2.24, 2.45) is 5.92 Å². The molecular weight excluding hydrogens is 582 g/mol. The van der Waals surface area contributed by atoms with Gasteiger partial charge >= 0.3 is 0 Å². The Kier molecular flexibility index (Phi) is 11.0. The van der Waals surface area contributed by atoms with E-state index in [2.05, 4.69) is 5.32 Å². The topological polar surface area (TPSA) is 86.8 Å². The molecule has 0 bridgehead atoms. The van der Waals surface area contributed by atoms with Crippen LogP contribution in [0.5, 0.6) is 0 Å². The second kappa shape index (κ2) is 14.8.